The summed E-state index contributed by atoms with van der Waals surface area (Å²) in [7, 11) is -3.80. The Morgan fingerprint density at radius 1 is 1.27 bits per heavy atom. The molecule has 0 N–H and O–H groups in total. The Morgan fingerprint density at radius 2 is 2.05 bits per heavy atom. The van der Waals surface area contributed by atoms with E-state index in [0.717, 1.165) is 11.9 Å². The van der Waals surface area contributed by atoms with Gasteiger partial charge in [-0.05, 0) is 13.0 Å². The van der Waals surface area contributed by atoms with Gasteiger partial charge >= 0.3 is 0 Å². The van der Waals surface area contributed by atoms with Gasteiger partial charge < -0.3 is 4.57 Å². The average Bonchev–Trinajstić information content (AvgIpc) is 2.88. The molecule has 0 saturated heterocycles. The van der Waals surface area contributed by atoms with Crippen molar-refractivity contribution in [2.45, 2.75) is 24.9 Å². The summed E-state index contributed by atoms with van der Waals surface area (Å²) in [5, 5.41) is 18.7. The molecule has 0 fully saturated rings. The molecule has 0 aliphatic carbocycles. The van der Waals surface area contributed by atoms with Crippen LogP contribution in [-0.2, 0) is 23.1 Å². The first-order valence-corrected chi connectivity index (χ1v) is 7.97. The van der Waals surface area contributed by atoms with Gasteiger partial charge in [-0.15, -0.1) is 10.2 Å². The molecule has 2 heterocycles. The van der Waals surface area contributed by atoms with Crippen LogP contribution in [0.15, 0.2) is 29.2 Å². The van der Waals surface area contributed by atoms with Gasteiger partial charge in [-0.2, -0.15) is 4.31 Å². The molecule has 3 rings (SSSR count). The van der Waals surface area contributed by atoms with Crippen molar-refractivity contribution in [3.8, 4) is 0 Å². The number of hydrogen-bond acceptors (Lipinski definition) is 6. The second-order valence-corrected chi connectivity index (χ2v) is 6.85. The molecule has 0 amide bonds. The van der Waals surface area contributed by atoms with E-state index in [-0.39, 0.29) is 23.7 Å². The van der Waals surface area contributed by atoms with Gasteiger partial charge in [-0.25, -0.2) is 8.42 Å². The molecule has 0 saturated carbocycles. The van der Waals surface area contributed by atoms with E-state index in [1.54, 1.807) is 6.92 Å². The first-order valence-electron chi connectivity index (χ1n) is 6.53. The lowest BCUT2D eigenvalue weighted by Gasteiger charge is -2.26. The Morgan fingerprint density at radius 3 is 2.77 bits per heavy atom. The van der Waals surface area contributed by atoms with Crippen molar-refractivity contribution in [2.24, 2.45) is 0 Å². The summed E-state index contributed by atoms with van der Waals surface area (Å²) in [6, 6.07) is 5.05. The second kappa shape index (κ2) is 5.14. The fraction of sp³-hybridized carbons (Fsp3) is 0.333. The van der Waals surface area contributed by atoms with Crippen LogP contribution in [0, 0.1) is 17.0 Å². The summed E-state index contributed by atoms with van der Waals surface area (Å²) in [6.07, 6.45) is 0. The van der Waals surface area contributed by atoms with E-state index in [1.165, 1.54) is 22.5 Å². The molecule has 0 unspecified atom stereocenters. The largest absolute Gasteiger partial charge is 0.313 e. The summed E-state index contributed by atoms with van der Waals surface area (Å²) in [4.78, 5) is 10.1. The van der Waals surface area contributed by atoms with E-state index in [9.17, 15) is 18.5 Å². The van der Waals surface area contributed by atoms with E-state index >= 15 is 0 Å². The second-order valence-electron chi connectivity index (χ2n) is 4.91. The summed E-state index contributed by atoms with van der Waals surface area (Å²) in [6.45, 7) is 2.65. The van der Waals surface area contributed by atoms with E-state index in [2.05, 4.69) is 10.2 Å². The number of aryl methyl sites for hydroxylation is 1. The van der Waals surface area contributed by atoms with Crippen LogP contribution in [0.1, 0.15) is 11.6 Å². The van der Waals surface area contributed by atoms with Crippen molar-refractivity contribution in [1.29, 1.82) is 0 Å². The fourth-order valence-corrected chi connectivity index (χ4v) is 3.82. The van der Waals surface area contributed by atoms with Crippen molar-refractivity contribution < 1.29 is 13.3 Å². The predicted octanol–water partition coefficient (Wildman–Crippen LogP) is 0.699. The van der Waals surface area contributed by atoms with Crippen molar-refractivity contribution in [3.63, 3.8) is 0 Å². The third-order valence-electron chi connectivity index (χ3n) is 3.57. The molecule has 116 valence electrons. The number of nitro groups is 1. The SMILES string of the molecule is Cc1nnc2n1CCN(S(=O)(=O)c1cccc([N+](=O)[O-])c1)C2. The Hall–Kier alpha value is -2.33. The van der Waals surface area contributed by atoms with Crippen LogP contribution >= 0.6 is 0 Å². The first-order chi connectivity index (χ1) is 10.4. The molecule has 1 aliphatic heterocycles. The highest BCUT2D eigenvalue weighted by Gasteiger charge is 2.30. The average molecular weight is 323 g/mol. The zero-order valence-electron chi connectivity index (χ0n) is 11.7. The minimum atomic E-state index is -3.80. The molecule has 10 heteroatoms. The lowest BCUT2D eigenvalue weighted by molar-refractivity contribution is -0.385. The first kappa shape index (κ1) is 14.6. The van der Waals surface area contributed by atoms with Crippen LogP contribution in [0.4, 0.5) is 5.69 Å². The third kappa shape index (κ3) is 2.35. The Bertz CT molecular complexity index is 845. The number of hydrogen-bond donors (Lipinski definition) is 0. The van der Waals surface area contributed by atoms with Gasteiger partial charge in [-0.1, -0.05) is 6.07 Å². The highest BCUT2D eigenvalue weighted by atomic mass is 32.2. The summed E-state index contributed by atoms with van der Waals surface area (Å²) in [5.74, 6) is 1.31. The number of sulfonamides is 1. The Labute approximate surface area is 126 Å². The predicted molar refractivity (Wildman–Crippen MR) is 75.5 cm³/mol. The molecule has 1 aliphatic rings. The van der Waals surface area contributed by atoms with E-state index in [0.29, 0.717) is 12.4 Å². The van der Waals surface area contributed by atoms with Crippen LogP contribution in [0.2, 0.25) is 0 Å². The van der Waals surface area contributed by atoms with E-state index in [1.807, 2.05) is 4.57 Å². The van der Waals surface area contributed by atoms with Crippen LogP contribution in [-0.4, -0.2) is 39.0 Å². The van der Waals surface area contributed by atoms with Crippen LogP contribution in [0.25, 0.3) is 0 Å². The summed E-state index contributed by atoms with van der Waals surface area (Å²) < 4.78 is 28.4. The lowest BCUT2D eigenvalue weighted by atomic mass is 10.3. The Kier molecular flexibility index (Phi) is 3.41. The Balaban J connectivity index is 1.94. The van der Waals surface area contributed by atoms with Gasteiger partial charge in [0.25, 0.3) is 5.69 Å². The molecule has 0 bridgehead atoms. The molecule has 0 spiro atoms. The number of non-ortho nitro benzene ring substituents is 1. The van der Waals surface area contributed by atoms with Gasteiger partial charge in [0, 0.05) is 25.2 Å². The van der Waals surface area contributed by atoms with E-state index < -0.39 is 14.9 Å². The quantitative estimate of drug-likeness (QED) is 0.607. The van der Waals surface area contributed by atoms with Crippen molar-refractivity contribution in [1.82, 2.24) is 19.1 Å². The summed E-state index contributed by atoms with van der Waals surface area (Å²) in [5.41, 5.74) is -0.253. The number of fused-ring (bicyclic) bond motifs is 1. The van der Waals surface area contributed by atoms with Crippen LogP contribution < -0.4 is 0 Å². The standard InChI is InChI=1S/C12H13N5O4S/c1-9-13-14-12-8-15(5-6-16(9)12)22(20,21)11-4-2-3-10(7-11)17(18)19/h2-4,7H,5-6,8H2,1H3. The van der Waals surface area contributed by atoms with Gasteiger partial charge in [0.15, 0.2) is 0 Å². The molecule has 1 aromatic heterocycles. The molecule has 9 nitrogen and oxygen atoms in total. The maximum Gasteiger partial charge on any atom is 0.270 e. The molecule has 2 aromatic rings. The lowest BCUT2D eigenvalue weighted by Crippen LogP contribution is -2.38. The monoisotopic (exact) mass is 323 g/mol. The summed E-state index contributed by atoms with van der Waals surface area (Å²) >= 11 is 0. The minimum absolute atomic E-state index is 0.0913. The van der Waals surface area contributed by atoms with Crippen LogP contribution in [0.5, 0.6) is 0 Å². The number of nitro benzene ring substituents is 1. The number of rotatable bonds is 3. The maximum atomic E-state index is 12.6. The smallest absolute Gasteiger partial charge is 0.270 e. The number of aromatic nitrogens is 3. The van der Waals surface area contributed by atoms with Gasteiger partial charge in [-0.3, -0.25) is 10.1 Å². The van der Waals surface area contributed by atoms with Crippen LogP contribution in [0.3, 0.4) is 0 Å². The zero-order valence-corrected chi connectivity index (χ0v) is 12.5. The molecular formula is C12H13N5O4S. The molecule has 1 aromatic carbocycles. The fourth-order valence-electron chi connectivity index (χ4n) is 2.39. The third-order valence-corrected chi connectivity index (χ3v) is 5.41. The highest BCUT2D eigenvalue weighted by molar-refractivity contribution is 7.89. The zero-order chi connectivity index (χ0) is 15.9. The van der Waals surface area contributed by atoms with Crippen molar-refractivity contribution >= 4 is 15.7 Å². The molecule has 0 radical (unpaired) electrons. The molecular weight excluding hydrogens is 310 g/mol. The number of nitrogens with zero attached hydrogens (tertiary/aromatic N) is 5. The van der Waals surface area contributed by atoms with Crippen molar-refractivity contribution in [2.75, 3.05) is 6.54 Å². The number of benzene rings is 1. The van der Waals surface area contributed by atoms with Gasteiger partial charge in [0.05, 0.1) is 16.4 Å². The van der Waals surface area contributed by atoms with E-state index in [4.69, 9.17) is 0 Å². The van der Waals surface area contributed by atoms with Gasteiger partial charge in [0.1, 0.15) is 11.6 Å². The topological polar surface area (TPSA) is 111 Å². The van der Waals surface area contributed by atoms with Crippen molar-refractivity contribution in [3.05, 3.63) is 46.0 Å². The normalized spacial score (nSPS) is 15.5. The van der Waals surface area contributed by atoms with Gasteiger partial charge in [0.2, 0.25) is 10.0 Å². The molecule has 0 atom stereocenters. The maximum absolute atomic E-state index is 12.6. The minimum Gasteiger partial charge on any atom is -0.313 e. The highest BCUT2D eigenvalue weighted by Crippen LogP contribution is 2.24. The molecule has 22 heavy (non-hydrogen) atoms.